The Hall–Kier alpha value is -1.71. The highest BCUT2D eigenvalue weighted by Gasteiger charge is 2.22. The molecule has 136 valence electrons. The van der Waals surface area contributed by atoms with Gasteiger partial charge in [0.2, 0.25) is 0 Å². The Bertz CT molecular complexity index is 361. The number of ether oxygens (including phenoxy) is 3. The van der Waals surface area contributed by atoms with Crippen molar-refractivity contribution in [1.29, 1.82) is 0 Å². The van der Waals surface area contributed by atoms with Gasteiger partial charge in [-0.15, -0.1) is 0 Å². The van der Waals surface area contributed by atoms with E-state index in [1.807, 2.05) is 0 Å². The van der Waals surface area contributed by atoms with Gasteiger partial charge in [-0.1, -0.05) is 0 Å². The Morgan fingerprint density at radius 1 is 1.09 bits per heavy atom. The first-order valence-electron chi connectivity index (χ1n) is 7.22. The Morgan fingerprint density at radius 2 is 1.52 bits per heavy atom. The molecule has 0 aliphatic heterocycles. The molecule has 0 fully saturated rings. The van der Waals surface area contributed by atoms with Crippen LogP contribution in [0.15, 0.2) is 4.99 Å². The van der Waals surface area contributed by atoms with Crippen LogP contribution in [0.3, 0.4) is 0 Å². The Balaban J connectivity index is 0. The topological polar surface area (TPSA) is 141 Å². The van der Waals surface area contributed by atoms with Crippen molar-refractivity contribution < 1.29 is 34.0 Å². The molecule has 0 aromatic heterocycles. The SMILES string of the molecule is CCOC(=O)C(O)C(C)N.CCOC(=O)C(O)C(C)N=COC. The highest BCUT2D eigenvalue weighted by molar-refractivity contribution is 5.75. The molecule has 9 heteroatoms. The molecular formula is C14H28N2O7. The second-order valence-electron chi connectivity index (χ2n) is 4.48. The molecule has 4 atom stereocenters. The van der Waals surface area contributed by atoms with Gasteiger partial charge in [0.25, 0.3) is 0 Å². The van der Waals surface area contributed by atoms with E-state index in [2.05, 4.69) is 19.2 Å². The van der Waals surface area contributed by atoms with Crippen molar-refractivity contribution in [3.63, 3.8) is 0 Å². The number of esters is 2. The average molecular weight is 336 g/mol. The fourth-order valence-electron chi connectivity index (χ4n) is 1.11. The van der Waals surface area contributed by atoms with Crippen LogP contribution in [0.4, 0.5) is 0 Å². The van der Waals surface area contributed by atoms with Gasteiger partial charge in [-0.05, 0) is 27.7 Å². The van der Waals surface area contributed by atoms with Crippen LogP contribution >= 0.6 is 0 Å². The first kappa shape index (κ1) is 23.6. The molecule has 9 nitrogen and oxygen atoms in total. The van der Waals surface area contributed by atoms with E-state index in [0.29, 0.717) is 0 Å². The van der Waals surface area contributed by atoms with Gasteiger partial charge in [0.15, 0.2) is 18.6 Å². The first-order valence-corrected chi connectivity index (χ1v) is 7.22. The van der Waals surface area contributed by atoms with Gasteiger partial charge >= 0.3 is 11.9 Å². The maximum absolute atomic E-state index is 11.0. The van der Waals surface area contributed by atoms with E-state index in [0.717, 1.165) is 0 Å². The minimum absolute atomic E-state index is 0.247. The van der Waals surface area contributed by atoms with E-state index in [-0.39, 0.29) is 13.2 Å². The lowest BCUT2D eigenvalue weighted by Crippen LogP contribution is -2.39. The second kappa shape index (κ2) is 13.9. The van der Waals surface area contributed by atoms with Crippen LogP contribution in [0.5, 0.6) is 0 Å². The van der Waals surface area contributed by atoms with Gasteiger partial charge in [0.1, 0.15) is 0 Å². The fraction of sp³-hybridized carbons (Fsp3) is 0.786. The largest absolute Gasteiger partial charge is 0.487 e. The highest BCUT2D eigenvalue weighted by atomic mass is 16.5. The third kappa shape index (κ3) is 11.5. The van der Waals surface area contributed by atoms with Crippen molar-refractivity contribution >= 4 is 18.3 Å². The standard InChI is InChI=1S/C8H15NO4.C6H13NO3/c1-4-13-8(11)7(10)6(2)9-5-12-3;1-3-10-6(9)5(8)4(2)7/h5-7,10H,4H2,1-3H3;4-5,8H,3,7H2,1-2H3. The molecule has 0 saturated heterocycles. The van der Waals surface area contributed by atoms with Crippen molar-refractivity contribution in [2.24, 2.45) is 10.7 Å². The quantitative estimate of drug-likeness (QED) is 0.298. The van der Waals surface area contributed by atoms with Gasteiger partial charge in [0.05, 0.1) is 26.4 Å². The monoisotopic (exact) mass is 336 g/mol. The molecule has 0 spiro atoms. The molecule has 0 aliphatic rings. The zero-order valence-corrected chi connectivity index (χ0v) is 14.3. The minimum atomic E-state index is -1.23. The van der Waals surface area contributed by atoms with E-state index < -0.39 is 36.2 Å². The minimum Gasteiger partial charge on any atom is -0.487 e. The molecule has 0 bridgehead atoms. The molecule has 0 amide bonds. The molecular weight excluding hydrogens is 308 g/mol. The Morgan fingerprint density at radius 3 is 1.87 bits per heavy atom. The van der Waals surface area contributed by atoms with Crippen molar-refractivity contribution in [3.8, 4) is 0 Å². The number of carbonyl (C=O) groups excluding carboxylic acids is 2. The molecule has 4 N–H and O–H groups in total. The maximum atomic E-state index is 11.0. The highest BCUT2D eigenvalue weighted by Crippen LogP contribution is 2.00. The lowest BCUT2D eigenvalue weighted by atomic mass is 10.2. The number of methoxy groups -OCH3 is 1. The Kier molecular flexibility index (Phi) is 14.3. The fourth-order valence-corrected chi connectivity index (χ4v) is 1.11. The summed E-state index contributed by atoms with van der Waals surface area (Å²) in [4.78, 5) is 25.3. The smallest absolute Gasteiger partial charge is 0.337 e. The van der Waals surface area contributed by atoms with E-state index in [9.17, 15) is 14.7 Å². The normalized spacial score (nSPS) is 15.7. The summed E-state index contributed by atoms with van der Waals surface area (Å²) in [5.74, 6) is -1.32. The number of nitrogens with zero attached hydrogens (tertiary/aromatic N) is 1. The molecule has 23 heavy (non-hydrogen) atoms. The maximum Gasteiger partial charge on any atom is 0.337 e. The zero-order valence-electron chi connectivity index (χ0n) is 14.3. The molecule has 0 aromatic carbocycles. The van der Waals surface area contributed by atoms with Crippen LogP contribution < -0.4 is 5.73 Å². The van der Waals surface area contributed by atoms with Crippen LogP contribution in [0.25, 0.3) is 0 Å². The summed E-state index contributed by atoms with van der Waals surface area (Å²) in [5.41, 5.74) is 5.22. The summed E-state index contributed by atoms with van der Waals surface area (Å²) in [7, 11) is 1.44. The van der Waals surface area contributed by atoms with Gasteiger partial charge in [0, 0.05) is 6.04 Å². The average Bonchev–Trinajstić information content (AvgIpc) is 2.51. The summed E-state index contributed by atoms with van der Waals surface area (Å²) < 4.78 is 13.6. The van der Waals surface area contributed by atoms with Crippen LogP contribution in [0.1, 0.15) is 27.7 Å². The number of hydrogen-bond acceptors (Lipinski definition) is 9. The van der Waals surface area contributed by atoms with E-state index in [1.54, 1.807) is 27.7 Å². The zero-order chi connectivity index (χ0) is 18.4. The number of hydrogen-bond donors (Lipinski definition) is 3. The van der Waals surface area contributed by atoms with Gasteiger partial charge in [-0.3, -0.25) is 4.99 Å². The van der Waals surface area contributed by atoms with Crippen LogP contribution in [-0.4, -0.2) is 73.2 Å². The van der Waals surface area contributed by atoms with Crippen molar-refractivity contribution in [3.05, 3.63) is 0 Å². The Labute approximate surface area is 136 Å². The predicted molar refractivity (Wildman–Crippen MR) is 83.9 cm³/mol. The summed E-state index contributed by atoms with van der Waals surface area (Å²) in [5, 5.41) is 18.2. The van der Waals surface area contributed by atoms with E-state index >= 15 is 0 Å². The third-order valence-electron chi connectivity index (χ3n) is 2.41. The third-order valence-corrected chi connectivity index (χ3v) is 2.41. The summed E-state index contributed by atoms with van der Waals surface area (Å²) in [6.45, 7) is 7.00. The number of rotatable bonds is 8. The van der Waals surface area contributed by atoms with Crippen molar-refractivity contribution in [1.82, 2.24) is 0 Å². The molecule has 0 aliphatic carbocycles. The van der Waals surface area contributed by atoms with Crippen LogP contribution in [0.2, 0.25) is 0 Å². The predicted octanol–water partition coefficient (Wildman–Crippen LogP) is -0.769. The number of aliphatic imine (C=N–C) groups is 1. The number of aliphatic hydroxyl groups is 2. The van der Waals surface area contributed by atoms with Crippen molar-refractivity contribution in [2.45, 2.75) is 52.0 Å². The summed E-state index contributed by atoms with van der Waals surface area (Å²) >= 11 is 0. The van der Waals surface area contributed by atoms with Crippen LogP contribution in [0, 0.1) is 0 Å². The number of nitrogens with two attached hydrogens (primary N) is 1. The second-order valence-corrected chi connectivity index (χ2v) is 4.48. The van der Waals surface area contributed by atoms with Gasteiger partial charge in [-0.25, -0.2) is 9.59 Å². The molecule has 4 unspecified atom stereocenters. The molecule has 0 rings (SSSR count). The molecule has 0 radical (unpaired) electrons. The van der Waals surface area contributed by atoms with Crippen LogP contribution in [-0.2, 0) is 23.8 Å². The lowest BCUT2D eigenvalue weighted by molar-refractivity contribution is -0.154. The summed E-state index contributed by atoms with van der Waals surface area (Å²) in [6.07, 6.45) is -1.25. The van der Waals surface area contributed by atoms with Gasteiger partial charge < -0.3 is 30.2 Å². The lowest BCUT2D eigenvalue weighted by Gasteiger charge is -2.12. The molecule has 0 aromatic rings. The first-order chi connectivity index (χ1) is 10.7. The summed E-state index contributed by atoms with van der Waals surface area (Å²) in [6, 6.07) is -1.13. The van der Waals surface area contributed by atoms with Crippen molar-refractivity contribution in [2.75, 3.05) is 20.3 Å². The van der Waals surface area contributed by atoms with Gasteiger partial charge in [-0.2, -0.15) is 0 Å². The number of aliphatic hydroxyl groups excluding tert-OH is 2. The van der Waals surface area contributed by atoms with E-state index in [1.165, 1.54) is 13.5 Å². The molecule has 0 saturated carbocycles. The van der Waals surface area contributed by atoms with E-state index in [4.69, 9.17) is 10.8 Å². The molecule has 0 heterocycles. The number of carbonyl (C=O) groups is 2.